The molecule has 2 aliphatic rings. The molecule has 1 aromatic carbocycles. The van der Waals surface area contributed by atoms with Gasteiger partial charge in [-0.3, -0.25) is 4.79 Å². The van der Waals surface area contributed by atoms with Crippen LogP contribution in [0.15, 0.2) is 28.9 Å². The van der Waals surface area contributed by atoms with Gasteiger partial charge in [0.15, 0.2) is 0 Å². The van der Waals surface area contributed by atoms with Crippen molar-refractivity contribution in [3.63, 3.8) is 0 Å². The smallest absolute Gasteiger partial charge is 0.251 e. The molecule has 2 aliphatic heterocycles. The Morgan fingerprint density at radius 3 is 2.76 bits per heavy atom. The highest BCUT2D eigenvalue weighted by atomic mass is 16.5. The van der Waals surface area contributed by atoms with Crippen LogP contribution in [0.25, 0.3) is 11.0 Å². The van der Waals surface area contributed by atoms with Crippen LogP contribution in [-0.2, 0) is 4.74 Å². The van der Waals surface area contributed by atoms with Gasteiger partial charge in [-0.15, -0.1) is 0 Å². The van der Waals surface area contributed by atoms with E-state index in [1.165, 1.54) is 32.4 Å². The second kappa shape index (κ2) is 9.18. The lowest BCUT2D eigenvalue weighted by Crippen LogP contribution is -2.49. The van der Waals surface area contributed by atoms with E-state index in [0.29, 0.717) is 30.0 Å². The van der Waals surface area contributed by atoms with Crippen LogP contribution in [0, 0.1) is 5.41 Å². The minimum absolute atomic E-state index is 0.0752. The van der Waals surface area contributed by atoms with Gasteiger partial charge in [0.05, 0.1) is 18.3 Å². The molecule has 0 spiro atoms. The topological polar surface area (TPSA) is 63.9 Å². The minimum atomic E-state index is -0.0752. The van der Waals surface area contributed by atoms with Gasteiger partial charge in [-0.1, -0.05) is 6.42 Å². The van der Waals surface area contributed by atoms with E-state index in [-0.39, 0.29) is 11.3 Å². The molecule has 0 radical (unpaired) electrons. The summed E-state index contributed by atoms with van der Waals surface area (Å²) in [5.74, 6) is 0.617. The molecule has 0 aliphatic carbocycles. The standard InChI is InChI=1S/C23H32N2O4/c1-2-28-20-14-18(15-21-19(20)6-11-29-21)22(26)24-16-23(7-12-27-13-8-23)17-25-9-4-3-5-10-25/h6,11,14-15H,2-5,7-10,12-13,16-17H2,1H3,(H,24,26). The Labute approximate surface area is 172 Å². The van der Waals surface area contributed by atoms with Gasteiger partial charge in [0.25, 0.3) is 5.91 Å². The fourth-order valence-corrected chi connectivity index (χ4v) is 4.60. The molecule has 3 heterocycles. The predicted octanol–water partition coefficient (Wildman–Crippen LogP) is 3.84. The van der Waals surface area contributed by atoms with Crippen LogP contribution >= 0.6 is 0 Å². The van der Waals surface area contributed by atoms with Crippen LogP contribution in [0.1, 0.15) is 49.4 Å². The maximum absolute atomic E-state index is 13.0. The SMILES string of the molecule is CCOc1cc(C(=O)NCC2(CN3CCCCC3)CCOCC2)cc2occc12. The van der Waals surface area contributed by atoms with Crippen molar-refractivity contribution in [1.82, 2.24) is 10.2 Å². The number of ether oxygens (including phenoxy) is 2. The summed E-state index contributed by atoms with van der Waals surface area (Å²) in [7, 11) is 0. The van der Waals surface area contributed by atoms with Gasteiger partial charge in [0.2, 0.25) is 0 Å². The Morgan fingerprint density at radius 1 is 1.21 bits per heavy atom. The van der Waals surface area contributed by atoms with Crippen molar-refractivity contribution < 1.29 is 18.7 Å². The predicted molar refractivity (Wildman–Crippen MR) is 112 cm³/mol. The highest BCUT2D eigenvalue weighted by Gasteiger charge is 2.35. The Hall–Kier alpha value is -2.05. The summed E-state index contributed by atoms with van der Waals surface area (Å²) in [6.45, 7) is 8.09. The molecule has 1 amide bonds. The molecule has 2 fully saturated rings. The molecular weight excluding hydrogens is 368 g/mol. The first-order chi connectivity index (χ1) is 14.2. The van der Waals surface area contributed by atoms with Crippen LogP contribution in [-0.4, -0.2) is 56.8 Å². The molecule has 0 atom stereocenters. The summed E-state index contributed by atoms with van der Waals surface area (Å²) in [5, 5.41) is 4.10. The Kier molecular flexibility index (Phi) is 6.40. The zero-order chi connectivity index (χ0) is 20.1. The third-order valence-electron chi connectivity index (χ3n) is 6.28. The number of carbonyl (C=O) groups is 1. The Bertz CT molecular complexity index is 819. The van der Waals surface area contributed by atoms with Crippen molar-refractivity contribution in [2.75, 3.05) is 46.0 Å². The van der Waals surface area contributed by atoms with Crippen LogP contribution in [0.4, 0.5) is 0 Å². The number of furan rings is 1. The first-order valence-electron chi connectivity index (χ1n) is 10.9. The molecule has 0 saturated carbocycles. The second-order valence-electron chi connectivity index (χ2n) is 8.37. The third-order valence-corrected chi connectivity index (χ3v) is 6.28. The number of benzene rings is 1. The molecule has 0 bridgehead atoms. The highest BCUT2D eigenvalue weighted by molar-refractivity contribution is 5.99. The number of fused-ring (bicyclic) bond motifs is 1. The maximum atomic E-state index is 13.0. The van der Waals surface area contributed by atoms with E-state index >= 15 is 0 Å². The van der Waals surface area contributed by atoms with E-state index in [1.54, 1.807) is 12.3 Å². The molecule has 158 valence electrons. The van der Waals surface area contributed by atoms with Gasteiger partial charge < -0.3 is 24.1 Å². The van der Waals surface area contributed by atoms with Gasteiger partial charge in [0.1, 0.15) is 11.3 Å². The minimum Gasteiger partial charge on any atom is -0.493 e. The fourth-order valence-electron chi connectivity index (χ4n) is 4.60. The number of nitrogens with one attached hydrogen (secondary N) is 1. The van der Waals surface area contributed by atoms with Gasteiger partial charge in [0, 0.05) is 37.3 Å². The fraction of sp³-hybridized carbons (Fsp3) is 0.609. The average Bonchev–Trinajstić information content (AvgIpc) is 3.23. The van der Waals surface area contributed by atoms with E-state index in [4.69, 9.17) is 13.9 Å². The van der Waals surface area contributed by atoms with E-state index in [9.17, 15) is 4.79 Å². The number of carbonyl (C=O) groups excluding carboxylic acids is 1. The molecule has 4 rings (SSSR count). The summed E-state index contributed by atoms with van der Waals surface area (Å²) in [6, 6.07) is 5.49. The van der Waals surface area contributed by atoms with E-state index in [2.05, 4.69) is 10.2 Å². The van der Waals surface area contributed by atoms with Crippen molar-refractivity contribution in [1.29, 1.82) is 0 Å². The molecule has 29 heavy (non-hydrogen) atoms. The monoisotopic (exact) mass is 400 g/mol. The lowest BCUT2D eigenvalue weighted by Gasteiger charge is -2.42. The third kappa shape index (κ3) is 4.75. The van der Waals surface area contributed by atoms with Gasteiger partial charge in [-0.25, -0.2) is 0 Å². The van der Waals surface area contributed by atoms with Crippen molar-refractivity contribution in [2.24, 2.45) is 5.41 Å². The zero-order valence-electron chi connectivity index (χ0n) is 17.4. The molecule has 6 nitrogen and oxygen atoms in total. The van der Waals surface area contributed by atoms with Crippen LogP contribution in [0.2, 0.25) is 0 Å². The summed E-state index contributed by atoms with van der Waals surface area (Å²) in [5.41, 5.74) is 1.34. The van der Waals surface area contributed by atoms with Gasteiger partial charge >= 0.3 is 0 Å². The van der Waals surface area contributed by atoms with Gasteiger partial charge in [-0.2, -0.15) is 0 Å². The molecule has 1 N–H and O–H groups in total. The van der Waals surface area contributed by atoms with Crippen molar-refractivity contribution in [3.8, 4) is 5.75 Å². The molecule has 0 unspecified atom stereocenters. The van der Waals surface area contributed by atoms with Crippen molar-refractivity contribution >= 4 is 16.9 Å². The molecule has 2 saturated heterocycles. The molecule has 1 aromatic heterocycles. The number of nitrogens with zero attached hydrogens (tertiary/aromatic N) is 1. The van der Waals surface area contributed by atoms with Crippen molar-refractivity contribution in [2.45, 2.75) is 39.0 Å². The maximum Gasteiger partial charge on any atom is 0.251 e. The van der Waals surface area contributed by atoms with Crippen LogP contribution < -0.4 is 10.1 Å². The Morgan fingerprint density at radius 2 is 2.00 bits per heavy atom. The number of amides is 1. The van der Waals surface area contributed by atoms with Crippen molar-refractivity contribution in [3.05, 3.63) is 30.0 Å². The first kappa shape index (κ1) is 20.2. The lowest BCUT2D eigenvalue weighted by atomic mass is 9.79. The summed E-state index contributed by atoms with van der Waals surface area (Å²) >= 11 is 0. The summed E-state index contributed by atoms with van der Waals surface area (Å²) in [4.78, 5) is 15.6. The van der Waals surface area contributed by atoms with E-state index in [1.807, 2.05) is 19.1 Å². The summed E-state index contributed by atoms with van der Waals surface area (Å²) in [6.07, 6.45) is 7.51. The summed E-state index contributed by atoms with van der Waals surface area (Å²) < 4.78 is 16.9. The first-order valence-corrected chi connectivity index (χ1v) is 10.9. The largest absolute Gasteiger partial charge is 0.493 e. The van der Waals surface area contributed by atoms with E-state index in [0.717, 1.165) is 38.0 Å². The zero-order valence-corrected chi connectivity index (χ0v) is 17.4. The van der Waals surface area contributed by atoms with Crippen LogP contribution in [0.5, 0.6) is 5.75 Å². The normalized spacial score (nSPS) is 19.9. The Balaban J connectivity index is 1.47. The molecule has 6 heteroatoms. The molecule has 2 aromatic rings. The number of hydrogen-bond donors (Lipinski definition) is 1. The highest BCUT2D eigenvalue weighted by Crippen LogP contribution is 2.33. The molecular formula is C23H32N2O4. The van der Waals surface area contributed by atoms with Crippen LogP contribution in [0.3, 0.4) is 0 Å². The number of rotatable bonds is 7. The van der Waals surface area contributed by atoms with E-state index < -0.39 is 0 Å². The average molecular weight is 401 g/mol. The van der Waals surface area contributed by atoms with Gasteiger partial charge in [-0.05, 0) is 63.9 Å². The second-order valence-corrected chi connectivity index (χ2v) is 8.37. The quantitative estimate of drug-likeness (QED) is 0.765. The lowest BCUT2D eigenvalue weighted by molar-refractivity contribution is -0.00671. The number of piperidine rings is 1. The number of hydrogen-bond acceptors (Lipinski definition) is 5. The number of likely N-dealkylation sites (tertiary alicyclic amines) is 1.